The minimum Gasteiger partial charge on any atom is -0.388 e. The third-order valence-corrected chi connectivity index (χ3v) is 3.88. The quantitative estimate of drug-likeness (QED) is 0.928. The summed E-state index contributed by atoms with van der Waals surface area (Å²) in [4.78, 5) is 18.0. The zero-order valence-corrected chi connectivity index (χ0v) is 13.4. The number of nitrogens with zero attached hydrogens (tertiary/aromatic N) is 3. The van der Waals surface area contributed by atoms with Crippen molar-refractivity contribution in [3.63, 3.8) is 0 Å². The molecule has 124 valence electrons. The molecule has 0 aliphatic carbocycles. The molecule has 0 unspecified atom stereocenters. The lowest BCUT2D eigenvalue weighted by Gasteiger charge is -2.17. The SMILES string of the molecule is Cc1ccc2nc(C(=O)N3C[C@H](OC(C)C)[C@@H](O)C3)c(F)n2c1. The number of ether oxygens (including phenoxy) is 1. The van der Waals surface area contributed by atoms with E-state index in [0.29, 0.717) is 5.65 Å². The molecule has 0 bridgehead atoms. The second kappa shape index (κ2) is 5.90. The molecule has 1 N–H and O–H groups in total. The molecular weight excluding hydrogens is 301 g/mol. The normalized spacial score (nSPS) is 21.6. The minimum atomic E-state index is -0.774. The van der Waals surface area contributed by atoms with Gasteiger partial charge in [-0.3, -0.25) is 9.20 Å². The van der Waals surface area contributed by atoms with E-state index in [1.165, 1.54) is 9.30 Å². The fourth-order valence-electron chi connectivity index (χ4n) is 2.81. The van der Waals surface area contributed by atoms with Crippen molar-refractivity contribution in [2.45, 2.75) is 39.1 Å². The molecule has 1 fully saturated rings. The number of carbonyl (C=O) groups is 1. The number of imidazole rings is 1. The van der Waals surface area contributed by atoms with E-state index in [9.17, 15) is 14.3 Å². The molecule has 3 rings (SSSR count). The van der Waals surface area contributed by atoms with Crippen LogP contribution in [0.15, 0.2) is 18.3 Å². The Morgan fingerprint density at radius 3 is 2.87 bits per heavy atom. The Morgan fingerprint density at radius 1 is 1.43 bits per heavy atom. The van der Waals surface area contributed by atoms with E-state index >= 15 is 0 Å². The zero-order chi connectivity index (χ0) is 16.7. The summed E-state index contributed by atoms with van der Waals surface area (Å²) in [5.74, 6) is -1.21. The Labute approximate surface area is 133 Å². The van der Waals surface area contributed by atoms with Gasteiger partial charge in [-0.25, -0.2) is 4.98 Å². The second-order valence-electron chi connectivity index (χ2n) is 6.19. The van der Waals surface area contributed by atoms with Crippen molar-refractivity contribution in [2.75, 3.05) is 13.1 Å². The summed E-state index contributed by atoms with van der Waals surface area (Å²) in [6.07, 6.45) is 0.308. The minimum absolute atomic E-state index is 0.0559. The topological polar surface area (TPSA) is 67.1 Å². The standard InChI is InChI=1S/C16H20FN3O3/c1-9(2)23-12-8-19(7-11(12)21)16(22)14-15(17)20-6-10(3)4-5-13(20)18-14/h4-6,9,11-12,21H,7-8H2,1-3H3/t11-,12-/m0/s1. The summed E-state index contributed by atoms with van der Waals surface area (Å²) in [6, 6.07) is 3.47. The Morgan fingerprint density at radius 2 is 2.17 bits per heavy atom. The maximum absolute atomic E-state index is 14.5. The lowest BCUT2D eigenvalue weighted by molar-refractivity contribution is -0.0394. The number of fused-ring (bicyclic) bond motifs is 1. The van der Waals surface area contributed by atoms with Crippen molar-refractivity contribution >= 4 is 11.6 Å². The smallest absolute Gasteiger partial charge is 0.277 e. The fraction of sp³-hybridized carbons (Fsp3) is 0.500. The van der Waals surface area contributed by atoms with Crippen LogP contribution in [0.1, 0.15) is 29.9 Å². The Balaban J connectivity index is 1.85. The average molecular weight is 321 g/mol. The number of hydrogen-bond acceptors (Lipinski definition) is 4. The largest absolute Gasteiger partial charge is 0.388 e. The fourth-order valence-corrected chi connectivity index (χ4v) is 2.81. The number of rotatable bonds is 3. The first-order valence-electron chi connectivity index (χ1n) is 7.64. The molecule has 0 spiro atoms. The van der Waals surface area contributed by atoms with E-state index in [-0.39, 0.29) is 24.9 Å². The summed E-state index contributed by atoms with van der Waals surface area (Å²) in [5.41, 5.74) is 1.02. The van der Waals surface area contributed by atoms with Gasteiger partial charge in [-0.05, 0) is 32.4 Å². The van der Waals surface area contributed by atoms with Crippen molar-refractivity contribution in [3.8, 4) is 0 Å². The molecule has 0 saturated carbocycles. The van der Waals surface area contributed by atoms with Crippen LogP contribution in [0.4, 0.5) is 4.39 Å². The molecule has 2 aromatic heterocycles. The highest BCUT2D eigenvalue weighted by atomic mass is 19.1. The highest BCUT2D eigenvalue weighted by Crippen LogP contribution is 2.20. The van der Waals surface area contributed by atoms with Crippen LogP contribution >= 0.6 is 0 Å². The van der Waals surface area contributed by atoms with Crippen molar-refractivity contribution in [2.24, 2.45) is 0 Å². The number of β-amino-alcohol motifs (C(OH)–C–C–N with tert-alkyl or cyclic N) is 1. The van der Waals surface area contributed by atoms with Crippen molar-refractivity contribution in [1.82, 2.24) is 14.3 Å². The van der Waals surface area contributed by atoms with Crippen molar-refractivity contribution in [1.29, 1.82) is 0 Å². The number of amides is 1. The monoisotopic (exact) mass is 321 g/mol. The van der Waals surface area contributed by atoms with Crippen LogP contribution in [0.25, 0.3) is 5.65 Å². The number of hydrogen-bond donors (Lipinski definition) is 1. The maximum Gasteiger partial charge on any atom is 0.277 e. The molecule has 1 amide bonds. The van der Waals surface area contributed by atoms with Crippen LogP contribution in [-0.2, 0) is 4.74 Å². The summed E-state index contributed by atoms with van der Waals surface area (Å²) < 4.78 is 21.3. The molecule has 2 aromatic rings. The predicted octanol–water partition coefficient (Wildman–Crippen LogP) is 1.39. The Hall–Kier alpha value is -1.99. The molecule has 1 saturated heterocycles. The third kappa shape index (κ3) is 2.94. The Bertz CT molecular complexity index is 743. The zero-order valence-electron chi connectivity index (χ0n) is 13.4. The van der Waals surface area contributed by atoms with Gasteiger partial charge < -0.3 is 14.7 Å². The molecule has 7 heteroatoms. The van der Waals surface area contributed by atoms with Crippen LogP contribution in [-0.4, -0.2) is 56.7 Å². The highest BCUT2D eigenvalue weighted by Gasteiger charge is 2.37. The van der Waals surface area contributed by atoms with Gasteiger partial charge in [0.15, 0.2) is 5.69 Å². The van der Waals surface area contributed by atoms with Crippen LogP contribution in [0.2, 0.25) is 0 Å². The molecule has 23 heavy (non-hydrogen) atoms. The number of likely N-dealkylation sites (tertiary alicyclic amines) is 1. The summed E-state index contributed by atoms with van der Waals surface area (Å²) >= 11 is 0. The number of halogens is 1. The van der Waals surface area contributed by atoms with Crippen LogP contribution in [0, 0.1) is 12.9 Å². The number of aliphatic hydroxyl groups excluding tert-OH is 1. The number of aliphatic hydroxyl groups is 1. The van der Waals surface area contributed by atoms with Gasteiger partial charge in [0.05, 0.1) is 12.2 Å². The molecule has 1 aliphatic heterocycles. The highest BCUT2D eigenvalue weighted by molar-refractivity contribution is 5.93. The molecule has 6 nitrogen and oxygen atoms in total. The van der Waals surface area contributed by atoms with Gasteiger partial charge in [0.2, 0.25) is 5.95 Å². The van der Waals surface area contributed by atoms with E-state index < -0.39 is 24.1 Å². The van der Waals surface area contributed by atoms with Gasteiger partial charge in [-0.2, -0.15) is 4.39 Å². The van der Waals surface area contributed by atoms with Crippen molar-refractivity contribution in [3.05, 3.63) is 35.5 Å². The van der Waals surface area contributed by atoms with E-state index in [4.69, 9.17) is 4.74 Å². The van der Waals surface area contributed by atoms with Gasteiger partial charge in [0.25, 0.3) is 5.91 Å². The molecule has 0 aromatic carbocycles. The van der Waals surface area contributed by atoms with E-state index in [0.717, 1.165) is 5.56 Å². The van der Waals surface area contributed by atoms with Gasteiger partial charge in [0, 0.05) is 19.3 Å². The summed E-state index contributed by atoms with van der Waals surface area (Å²) in [5, 5.41) is 10.0. The first-order valence-corrected chi connectivity index (χ1v) is 7.64. The molecule has 1 aliphatic rings. The lowest BCUT2D eigenvalue weighted by atomic mass is 10.2. The first kappa shape index (κ1) is 15.9. The van der Waals surface area contributed by atoms with Crippen molar-refractivity contribution < 1.29 is 19.0 Å². The summed E-state index contributed by atoms with van der Waals surface area (Å²) in [7, 11) is 0. The lowest BCUT2D eigenvalue weighted by Crippen LogP contribution is -2.31. The van der Waals surface area contributed by atoms with Gasteiger partial charge in [0.1, 0.15) is 11.8 Å². The average Bonchev–Trinajstić information content (AvgIpc) is 3.00. The number of carbonyl (C=O) groups excluding carboxylic acids is 1. The first-order chi connectivity index (χ1) is 10.9. The molecular formula is C16H20FN3O3. The van der Waals surface area contributed by atoms with E-state index in [1.54, 1.807) is 12.3 Å². The second-order valence-corrected chi connectivity index (χ2v) is 6.19. The van der Waals surface area contributed by atoms with E-state index in [1.807, 2.05) is 26.8 Å². The Kier molecular flexibility index (Phi) is 4.08. The maximum atomic E-state index is 14.5. The van der Waals surface area contributed by atoms with Gasteiger partial charge in [-0.1, -0.05) is 6.07 Å². The number of aromatic nitrogens is 2. The predicted molar refractivity (Wildman–Crippen MR) is 81.8 cm³/mol. The van der Waals surface area contributed by atoms with Gasteiger partial charge in [-0.15, -0.1) is 0 Å². The van der Waals surface area contributed by atoms with Crippen LogP contribution in [0.3, 0.4) is 0 Å². The molecule has 0 radical (unpaired) electrons. The molecule has 3 heterocycles. The van der Waals surface area contributed by atoms with Crippen LogP contribution < -0.4 is 0 Å². The van der Waals surface area contributed by atoms with Gasteiger partial charge >= 0.3 is 0 Å². The molecule has 2 atom stereocenters. The summed E-state index contributed by atoms with van der Waals surface area (Å²) in [6.45, 7) is 5.90. The number of pyridine rings is 1. The van der Waals surface area contributed by atoms with Crippen LogP contribution in [0.5, 0.6) is 0 Å². The number of aryl methyl sites for hydroxylation is 1. The van der Waals surface area contributed by atoms with E-state index in [2.05, 4.69) is 4.98 Å². The third-order valence-electron chi connectivity index (χ3n) is 3.88.